The lowest BCUT2D eigenvalue weighted by atomic mass is 10.3. The number of rotatable bonds is 2. The van der Waals surface area contributed by atoms with Gasteiger partial charge in [0.05, 0.1) is 23.3 Å². The van der Waals surface area contributed by atoms with E-state index in [2.05, 4.69) is 14.7 Å². The number of H-pyrrole nitrogens is 2. The van der Waals surface area contributed by atoms with Gasteiger partial charge < -0.3 is 19.4 Å². The third kappa shape index (κ3) is 3.58. The molecule has 3 aromatic rings. The predicted molar refractivity (Wildman–Crippen MR) is 98.3 cm³/mol. The van der Waals surface area contributed by atoms with Crippen molar-refractivity contribution in [1.82, 2.24) is 9.97 Å². The molecule has 4 rings (SSSR count). The number of anilines is 1. The van der Waals surface area contributed by atoms with Crippen molar-refractivity contribution in [3.8, 4) is 11.5 Å². The molecule has 13 heteroatoms. The van der Waals surface area contributed by atoms with Crippen LogP contribution in [0.15, 0.2) is 50.9 Å². The summed E-state index contributed by atoms with van der Waals surface area (Å²) in [7, 11) is -4.20. The second-order valence-corrected chi connectivity index (χ2v) is 8.05. The van der Waals surface area contributed by atoms with Crippen LogP contribution in [0.2, 0.25) is 0 Å². The number of halogens is 3. The van der Waals surface area contributed by atoms with E-state index in [4.69, 9.17) is 4.74 Å². The van der Waals surface area contributed by atoms with E-state index < -0.39 is 33.3 Å². The molecule has 0 saturated carbocycles. The molecule has 0 bridgehead atoms. The summed E-state index contributed by atoms with van der Waals surface area (Å²) in [6.45, 7) is -0.188. The maximum absolute atomic E-state index is 13.2. The van der Waals surface area contributed by atoms with Gasteiger partial charge in [0.2, 0.25) is 0 Å². The normalized spacial score (nSPS) is 15.9. The number of hydrogen-bond acceptors (Lipinski definition) is 6. The first-order chi connectivity index (χ1) is 14.0. The number of hydrogen-bond donors (Lipinski definition) is 2. The van der Waals surface area contributed by atoms with Gasteiger partial charge in [-0.2, -0.15) is 0 Å². The molecule has 0 atom stereocenters. The number of aromatic amines is 2. The summed E-state index contributed by atoms with van der Waals surface area (Å²) in [5.74, 6) is -0.535. The van der Waals surface area contributed by atoms with E-state index in [1.54, 1.807) is 0 Å². The third-order valence-corrected chi connectivity index (χ3v) is 6.11. The largest absolute Gasteiger partial charge is 0.573 e. The molecule has 0 radical (unpaired) electrons. The van der Waals surface area contributed by atoms with E-state index in [0.29, 0.717) is 0 Å². The highest BCUT2D eigenvalue weighted by Gasteiger charge is 2.33. The van der Waals surface area contributed by atoms with Gasteiger partial charge in [-0.3, -0.25) is 13.9 Å². The Morgan fingerprint density at radius 1 is 1.00 bits per heavy atom. The Labute approximate surface area is 165 Å². The van der Waals surface area contributed by atoms with Crippen LogP contribution in [0.5, 0.6) is 11.5 Å². The molecule has 0 aliphatic carbocycles. The molecule has 1 aliphatic rings. The highest BCUT2D eigenvalue weighted by Crippen LogP contribution is 2.35. The minimum absolute atomic E-state index is 0.0373. The lowest BCUT2D eigenvalue weighted by Gasteiger charge is -2.22. The van der Waals surface area contributed by atoms with Crippen molar-refractivity contribution in [1.29, 1.82) is 0 Å². The molecule has 158 valence electrons. The maximum Gasteiger partial charge on any atom is 0.573 e. The molecular weight excluding hydrogens is 431 g/mol. The first kappa shape index (κ1) is 19.8. The number of nitrogens with zero attached hydrogens (tertiary/aromatic N) is 1. The molecule has 2 N–H and O–H groups in total. The summed E-state index contributed by atoms with van der Waals surface area (Å²) in [5, 5.41) is 0. The van der Waals surface area contributed by atoms with Crippen LogP contribution < -0.4 is 24.9 Å². The van der Waals surface area contributed by atoms with Gasteiger partial charge >= 0.3 is 17.5 Å². The summed E-state index contributed by atoms with van der Waals surface area (Å²) in [6.07, 6.45) is -4.87. The van der Waals surface area contributed by atoms with E-state index >= 15 is 0 Å². The van der Waals surface area contributed by atoms with Gasteiger partial charge in [-0.1, -0.05) is 0 Å². The Kier molecular flexibility index (Phi) is 4.49. The van der Waals surface area contributed by atoms with Crippen molar-refractivity contribution in [3.05, 3.63) is 57.1 Å². The van der Waals surface area contributed by atoms with Crippen molar-refractivity contribution in [2.24, 2.45) is 0 Å². The van der Waals surface area contributed by atoms with Crippen LogP contribution in [0.3, 0.4) is 0 Å². The second kappa shape index (κ2) is 6.79. The van der Waals surface area contributed by atoms with Crippen molar-refractivity contribution in [3.63, 3.8) is 0 Å². The van der Waals surface area contributed by atoms with Gasteiger partial charge in [0.15, 0.2) is 0 Å². The fourth-order valence-electron chi connectivity index (χ4n) is 3.00. The number of alkyl halides is 3. The van der Waals surface area contributed by atoms with Gasteiger partial charge in [-0.15, -0.1) is 13.2 Å². The van der Waals surface area contributed by atoms with Gasteiger partial charge in [0, 0.05) is 6.07 Å². The van der Waals surface area contributed by atoms with Crippen LogP contribution in [-0.4, -0.2) is 37.9 Å². The Hall–Kier alpha value is -3.48. The van der Waals surface area contributed by atoms with Crippen molar-refractivity contribution >= 4 is 26.7 Å². The highest BCUT2D eigenvalue weighted by molar-refractivity contribution is 7.93. The van der Waals surface area contributed by atoms with Gasteiger partial charge in [-0.05, 0) is 30.3 Å². The third-order valence-electron chi connectivity index (χ3n) is 4.26. The zero-order chi connectivity index (χ0) is 21.7. The van der Waals surface area contributed by atoms with Crippen LogP contribution in [0.4, 0.5) is 18.9 Å². The number of fused-ring (bicyclic) bond motifs is 2. The van der Waals surface area contributed by atoms with Gasteiger partial charge in [0.25, 0.3) is 10.0 Å². The summed E-state index contributed by atoms with van der Waals surface area (Å²) in [5.41, 5.74) is -1.51. The minimum Gasteiger partial charge on any atom is -0.490 e. The lowest BCUT2D eigenvalue weighted by molar-refractivity contribution is -0.274. The molecule has 0 saturated heterocycles. The maximum atomic E-state index is 13.2. The Balaban J connectivity index is 1.78. The number of aromatic nitrogens is 2. The van der Waals surface area contributed by atoms with Gasteiger partial charge in [-0.25, -0.2) is 8.42 Å². The van der Waals surface area contributed by atoms with Crippen molar-refractivity contribution in [2.75, 3.05) is 17.5 Å². The first-order valence-electron chi connectivity index (χ1n) is 8.36. The lowest BCUT2D eigenvalue weighted by Crippen LogP contribution is -2.32. The summed E-state index contributed by atoms with van der Waals surface area (Å²) >= 11 is 0. The average Bonchev–Trinajstić information content (AvgIpc) is 2.77. The molecule has 1 aromatic heterocycles. The molecule has 0 unspecified atom stereocenters. The molecule has 2 heterocycles. The quantitative estimate of drug-likeness (QED) is 0.582. The molecule has 0 amide bonds. The van der Waals surface area contributed by atoms with Crippen LogP contribution in [0.1, 0.15) is 0 Å². The Morgan fingerprint density at radius 3 is 2.20 bits per heavy atom. The zero-order valence-corrected chi connectivity index (χ0v) is 15.6. The van der Waals surface area contributed by atoms with Crippen LogP contribution in [-0.2, 0) is 10.0 Å². The molecule has 0 fully saturated rings. The Bertz CT molecular complexity index is 1350. The topological polar surface area (TPSA) is 122 Å². The van der Waals surface area contributed by atoms with Crippen LogP contribution in [0, 0.1) is 0 Å². The highest BCUT2D eigenvalue weighted by atomic mass is 32.2. The first-order valence-corrected chi connectivity index (χ1v) is 9.80. The van der Waals surface area contributed by atoms with Crippen molar-refractivity contribution < 1.29 is 31.1 Å². The molecular formula is C17H12F3N3O6S. The number of nitrogens with one attached hydrogen (secondary N) is 2. The van der Waals surface area contributed by atoms with Crippen LogP contribution in [0.25, 0.3) is 11.0 Å². The Morgan fingerprint density at radius 2 is 1.60 bits per heavy atom. The van der Waals surface area contributed by atoms with Crippen LogP contribution >= 0.6 is 0 Å². The monoisotopic (exact) mass is 443 g/mol. The van der Waals surface area contributed by atoms with E-state index in [0.717, 1.165) is 22.5 Å². The summed E-state index contributed by atoms with van der Waals surface area (Å²) in [6, 6.07) is 6.76. The standard InChI is InChI=1S/C17H12F3N3O6S/c18-17(19,20)29-10-3-1-9(2-4-10)23-5-6-28-13-7-11-12(8-14(13)30(23,26)27)22-16(25)15(24)21-11/h1-4,7-8H,5-6H2,(H,21,24)(H,22,25). The van der Waals surface area contributed by atoms with E-state index in [-0.39, 0.29) is 40.5 Å². The fraction of sp³-hybridized carbons (Fsp3) is 0.176. The summed E-state index contributed by atoms with van der Waals surface area (Å²) in [4.78, 5) is 27.4. The number of ether oxygens (including phenoxy) is 2. The predicted octanol–water partition coefficient (Wildman–Crippen LogP) is 1.70. The molecule has 2 aromatic carbocycles. The minimum atomic E-state index is -4.87. The average molecular weight is 443 g/mol. The van der Waals surface area contributed by atoms with E-state index in [9.17, 15) is 31.2 Å². The van der Waals surface area contributed by atoms with E-state index in [1.807, 2.05) is 0 Å². The SMILES string of the molecule is O=c1[nH]c2cc3c(cc2[nH]c1=O)S(=O)(=O)N(c1ccc(OC(F)(F)F)cc1)CCO3. The molecule has 1 aliphatic heterocycles. The van der Waals surface area contributed by atoms with Crippen molar-refractivity contribution in [2.45, 2.75) is 11.3 Å². The van der Waals surface area contributed by atoms with Gasteiger partial charge in [0.1, 0.15) is 23.0 Å². The fourth-order valence-corrected chi connectivity index (χ4v) is 4.59. The second-order valence-electron chi connectivity index (χ2n) is 6.22. The summed E-state index contributed by atoms with van der Waals surface area (Å²) < 4.78 is 73.6. The number of benzene rings is 2. The molecule has 0 spiro atoms. The zero-order valence-electron chi connectivity index (χ0n) is 14.8. The molecule has 9 nitrogen and oxygen atoms in total. The molecule has 30 heavy (non-hydrogen) atoms. The van der Waals surface area contributed by atoms with E-state index in [1.165, 1.54) is 18.2 Å². The smallest absolute Gasteiger partial charge is 0.490 e. The number of sulfonamides is 1.